The number of fused-ring (bicyclic) bond motifs is 2. The molecule has 1 N–H and O–H groups in total. The van der Waals surface area contributed by atoms with Gasteiger partial charge in [-0.1, -0.05) is 30.0 Å². The van der Waals surface area contributed by atoms with E-state index in [-0.39, 0.29) is 22.3 Å². The summed E-state index contributed by atoms with van der Waals surface area (Å²) in [6.07, 6.45) is 3.50. The molecule has 1 saturated heterocycles. The van der Waals surface area contributed by atoms with Crippen LogP contribution in [0.25, 0.3) is 10.9 Å². The maximum atomic E-state index is 12.0. The molecule has 2 heterocycles. The number of amides is 2. The van der Waals surface area contributed by atoms with Crippen molar-refractivity contribution >= 4 is 33.8 Å². The molecule has 2 aromatic carbocycles. The van der Waals surface area contributed by atoms with Gasteiger partial charge in [-0.2, -0.15) is 0 Å². The predicted octanol–water partition coefficient (Wildman–Crippen LogP) is 4.41. The van der Waals surface area contributed by atoms with Crippen molar-refractivity contribution in [2.45, 2.75) is 24.0 Å². The first-order chi connectivity index (χ1) is 13.2. The second-order valence-electron chi connectivity index (χ2n) is 6.75. The van der Waals surface area contributed by atoms with Crippen molar-refractivity contribution in [1.82, 2.24) is 10.3 Å². The highest BCUT2D eigenvalue weighted by Crippen LogP contribution is 2.43. The zero-order chi connectivity index (χ0) is 18.4. The number of nitrogens with one attached hydrogen (secondary N) is 1. The van der Waals surface area contributed by atoms with Crippen LogP contribution in [0.15, 0.2) is 54.7 Å². The fourth-order valence-corrected chi connectivity index (χ4v) is 4.93. The monoisotopic (exact) mass is 376 g/mol. The standard InChI is InChI=1S/C21H16N2O3S/c24-20-19(27-21(25)23-20)15-7-5-12-11-13(6-8-14(12)15)26-18-9-10-22-17-4-2-1-3-16(17)18/h1-4,6,8-11,15,19H,5,7H2,(H,23,24,25)/t15-,19?/m1/s1. The lowest BCUT2D eigenvalue weighted by molar-refractivity contribution is -0.119. The van der Waals surface area contributed by atoms with Crippen LogP contribution in [0.1, 0.15) is 23.5 Å². The number of hydrogen-bond acceptors (Lipinski definition) is 5. The van der Waals surface area contributed by atoms with Crippen molar-refractivity contribution in [2.75, 3.05) is 0 Å². The minimum Gasteiger partial charge on any atom is -0.457 e. The van der Waals surface area contributed by atoms with Crippen LogP contribution in [0.4, 0.5) is 4.79 Å². The summed E-state index contributed by atoms with van der Waals surface area (Å²) in [7, 11) is 0. The summed E-state index contributed by atoms with van der Waals surface area (Å²) in [5.74, 6) is 1.44. The van der Waals surface area contributed by atoms with Gasteiger partial charge in [0, 0.05) is 17.5 Å². The number of hydrogen-bond donors (Lipinski definition) is 1. The molecular formula is C21H16N2O3S. The van der Waals surface area contributed by atoms with E-state index < -0.39 is 0 Å². The van der Waals surface area contributed by atoms with Crippen molar-refractivity contribution in [2.24, 2.45) is 0 Å². The molecule has 134 valence electrons. The molecule has 1 aromatic heterocycles. The molecule has 1 fully saturated rings. The SMILES string of the molecule is O=C1NC(=O)C([C@@H]2CCc3cc(Oc4ccnc5ccccc45)ccc32)S1. The lowest BCUT2D eigenvalue weighted by Crippen LogP contribution is -2.27. The van der Waals surface area contributed by atoms with E-state index in [2.05, 4.69) is 10.3 Å². The van der Waals surface area contributed by atoms with Gasteiger partial charge in [-0.3, -0.25) is 19.9 Å². The van der Waals surface area contributed by atoms with Crippen LogP contribution in [-0.2, 0) is 11.2 Å². The number of aromatic nitrogens is 1. The molecular weight excluding hydrogens is 360 g/mol. The number of carbonyl (C=O) groups excluding carboxylic acids is 2. The summed E-state index contributed by atoms with van der Waals surface area (Å²) in [6, 6.07) is 15.8. The number of aryl methyl sites for hydroxylation is 1. The zero-order valence-electron chi connectivity index (χ0n) is 14.3. The van der Waals surface area contributed by atoms with Crippen molar-refractivity contribution in [3.05, 3.63) is 65.9 Å². The number of para-hydroxylation sites is 1. The Morgan fingerprint density at radius 2 is 2.00 bits per heavy atom. The van der Waals surface area contributed by atoms with E-state index in [4.69, 9.17) is 4.74 Å². The van der Waals surface area contributed by atoms with Crippen molar-refractivity contribution in [3.8, 4) is 11.5 Å². The van der Waals surface area contributed by atoms with E-state index in [1.807, 2.05) is 48.5 Å². The van der Waals surface area contributed by atoms with E-state index in [1.54, 1.807) is 6.20 Å². The van der Waals surface area contributed by atoms with Gasteiger partial charge >= 0.3 is 0 Å². The highest BCUT2D eigenvalue weighted by Gasteiger charge is 2.41. The summed E-state index contributed by atoms with van der Waals surface area (Å²) in [4.78, 5) is 27.9. The molecule has 0 saturated carbocycles. The van der Waals surface area contributed by atoms with Gasteiger partial charge in [-0.05, 0) is 54.3 Å². The Bertz CT molecular complexity index is 1080. The molecule has 1 aliphatic carbocycles. The van der Waals surface area contributed by atoms with Crippen molar-refractivity contribution in [3.63, 3.8) is 0 Å². The molecule has 2 aliphatic rings. The minimum absolute atomic E-state index is 0.0762. The van der Waals surface area contributed by atoms with E-state index >= 15 is 0 Å². The largest absolute Gasteiger partial charge is 0.457 e. The van der Waals surface area contributed by atoms with Gasteiger partial charge in [0.15, 0.2) is 0 Å². The summed E-state index contributed by atoms with van der Waals surface area (Å²) in [6.45, 7) is 0. The first kappa shape index (κ1) is 16.3. The van der Waals surface area contributed by atoms with Gasteiger partial charge in [0.25, 0.3) is 5.24 Å². The molecule has 27 heavy (non-hydrogen) atoms. The summed E-state index contributed by atoms with van der Waals surface area (Å²) >= 11 is 1.10. The van der Waals surface area contributed by atoms with Crippen LogP contribution in [0.5, 0.6) is 11.5 Å². The maximum absolute atomic E-state index is 12.0. The Morgan fingerprint density at radius 1 is 1.11 bits per heavy atom. The van der Waals surface area contributed by atoms with E-state index in [0.29, 0.717) is 0 Å². The van der Waals surface area contributed by atoms with Gasteiger partial charge in [0.05, 0.1) is 5.52 Å². The molecule has 2 atom stereocenters. The predicted molar refractivity (Wildman–Crippen MR) is 104 cm³/mol. The van der Waals surface area contributed by atoms with Gasteiger partial charge in [0.1, 0.15) is 16.7 Å². The second kappa shape index (κ2) is 6.39. The Balaban J connectivity index is 1.44. The summed E-state index contributed by atoms with van der Waals surface area (Å²) < 4.78 is 6.14. The minimum atomic E-state index is -0.324. The molecule has 1 aliphatic heterocycles. The fraction of sp³-hybridized carbons (Fsp3) is 0.190. The lowest BCUT2D eigenvalue weighted by Gasteiger charge is -2.16. The number of rotatable bonds is 3. The zero-order valence-corrected chi connectivity index (χ0v) is 15.2. The third kappa shape index (κ3) is 2.86. The quantitative estimate of drug-likeness (QED) is 0.733. The Hall–Kier alpha value is -2.86. The molecule has 3 aromatic rings. The van der Waals surface area contributed by atoms with Gasteiger partial charge in [0.2, 0.25) is 5.91 Å². The van der Waals surface area contributed by atoms with E-state index in [0.717, 1.165) is 52.6 Å². The average Bonchev–Trinajstić information content (AvgIpc) is 3.24. The number of benzene rings is 2. The number of imide groups is 1. The summed E-state index contributed by atoms with van der Waals surface area (Å²) in [5.41, 5.74) is 3.22. The van der Waals surface area contributed by atoms with Crippen LogP contribution in [0.3, 0.4) is 0 Å². The van der Waals surface area contributed by atoms with Gasteiger partial charge < -0.3 is 4.74 Å². The number of carbonyl (C=O) groups is 2. The second-order valence-corrected chi connectivity index (χ2v) is 7.86. The maximum Gasteiger partial charge on any atom is 0.286 e. The molecule has 0 bridgehead atoms. The fourth-order valence-electron chi connectivity index (χ4n) is 3.93. The Morgan fingerprint density at radius 3 is 2.85 bits per heavy atom. The van der Waals surface area contributed by atoms with Crippen LogP contribution in [-0.4, -0.2) is 21.4 Å². The van der Waals surface area contributed by atoms with Crippen LogP contribution < -0.4 is 10.1 Å². The first-order valence-electron chi connectivity index (χ1n) is 8.85. The first-order valence-corrected chi connectivity index (χ1v) is 9.73. The topological polar surface area (TPSA) is 68.3 Å². The third-order valence-electron chi connectivity index (χ3n) is 5.16. The van der Waals surface area contributed by atoms with Gasteiger partial charge in [-0.15, -0.1) is 0 Å². The number of thioether (sulfide) groups is 1. The molecule has 5 nitrogen and oxygen atoms in total. The van der Waals surface area contributed by atoms with Crippen molar-refractivity contribution in [1.29, 1.82) is 0 Å². The van der Waals surface area contributed by atoms with Crippen LogP contribution in [0.2, 0.25) is 0 Å². The average molecular weight is 376 g/mol. The molecule has 5 rings (SSSR count). The van der Waals surface area contributed by atoms with E-state index in [1.165, 1.54) is 5.56 Å². The smallest absolute Gasteiger partial charge is 0.286 e. The molecule has 0 spiro atoms. The Kier molecular flexibility index (Phi) is 3.86. The molecule has 6 heteroatoms. The Labute approximate surface area is 160 Å². The highest BCUT2D eigenvalue weighted by atomic mass is 32.2. The van der Waals surface area contributed by atoms with Gasteiger partial charge in [-0.25, -0.2) is 0 Å². The molecule has 2 amide bonds. The van der Waals surface area contributed by atoms with Crippen LogP contribution in [0, 0.1) is 0 Å². The number of pyridine rings is 1. The van der Waals surface area contributed by atoms with Crippen molar-refractivity contribution < 1.29 is 14.3 Å². The number of ether oxygens (including phenoxy) is 1. The third-order valence-corrected chi connectivity index (χ3v) is 6.27. The molecule has 0 radical (unpaired) electrons. The van der Waals surface area contributed by atoms with E-state index in [9.17, 15) is 9.59 Å². The normalized spacial score (nSPS) is 21.3. The number of nitrogens with zero attached hydrogens (tertiary/aromatic N) is 1. The molecule has 1 unspecified atom stereocenters. The summed E-state index contributed by atoms with van der Waals surface area (Å²) in [5, 5.41) is 2.79. The highest BCUT2D eigenvalue weighted by molar-refractivity contribution is 8.15. The lowest BCUT2D eigenvalue weighted by atomic mass is 9.97. The van der Waals surface area contributed by atoms with Crippen LogP contribution >= 0.6 is 11.8 Å².